The lowest BCUT2D eigenvalue weighted by Gasteiger charge is -2.30. The van der Waals surface area contributed by atoms with Crippen LogP contribution in [-0.4, -0.2) is 211 Å². The smallest absolute Gasteiger partial charge is 0.410 e. The minimum absolute atomic E-state index is 0.00539. The second-order valence-electron chi connectivity index (χ2n) is 22.6. The highest BCUT2D eigenvalue weighted by atomic mass is 32.1. The number of rotatable bonds is 39. The molecule has 0 spiro atoms. The molecule has 1 aromatic rings. The monoisotopic (exact) mass is 1310 g/mol. The third-order valence-electron chi connectivity index (χ3n) is 14.6. The lowest BCUT2D eigenvalue weighted by molar-refractivity contribution is -0.141. The molecule has 9 atom stereocenters. The average molecular weight is 1310 g/mol. The molecule has 0 aromatic heterocycles. The van der Waals surface area contributed by atoms with Gasteiger partial charge in [-0.05, 0) is 94.4 Å². The number of guanidine groups is 2. The summed E-state index contributed by atoms with van der Waals surface area (Å²) in [7, 11) is 0. The van der Waals surface area contributed by atoms with Crippen LogP contribution in [0.15, 0.2) is 40.3 Å². The van der Waals surface area contributed by atoms with Gasteiger partial charge in [0.15, 0.2) is 11.9 Å². The zero-order valence-electron chi connectivity index (χ0n) is 51.8. The Hall–Kier alpha value is -7.81. The van der Waals surface area contributed by atoms with Crippen LogP contribution >= 0.6 is 25.3 Å². The van der Waals surface area contributed by atoms with E-state index in [-0.39, 0.29) is 121 Å². The van der Waals surface area contributed by atoms with Crippen LogP contribution in [0.1, 0.15) is 110 Å². The second kappa shape index (κ2) is 40.7. The van der Waals surface area contributed by atoms with Gasteiger partial charge in [-0.1, -0.05) is 58.0 Å². The first-order chi connectivity index (χ1) is 42.8. The van der Waals surface area contributed by atoms with E-state index in [1.165, 1.54) is 9.80 Å². The molecule has 33 heteroatoms. The van der Waals surface area contributed by atoms with Gasteiger partial charge in [0.2, 0.25) is 53.2 Å². The van der Waals surface area contributed by atoms with Crippen molar-refractivity contribution in [2.24, 2.45) is 50.5 Å². The number of aliphatic hydroxyl groups is 1. The molecular formula is C57H95N17O14S2. The van der Waals surface area contributed by atoms with Crippen molar-refractivity contribution in [3.63, 3.8) is 0 Å². The highest BCUT2D eigenvalue weighted by Crippen LogP contribution is 2.22. The van der Waals surface area contributed by atoms with E-state index in [0.29, 0.717) is 43.4 Å². The van der Waals surface area contributed by atoms with Gasteiger partial charge >= 0.3 is 12.2 Å². The highest BCUT2D eigenvalue weighted by Gasteiger charge is 2.40. The Labute approximate surface area is 536 Å². The number of likely N-dealkylation sites (tertiary alicyclic amines) is 2. The number of amides is 11. The van der Waals surface area contributed by atoms with E-state index >= 15 is 0 Å². The molecule has 0 saturated carbocycles. The van der Waals surface area contributed by atoms with E-state index in [0.717, 1.165) is 0 Å². The molecule has 2 fully saturated rings. The van der Waals surface area contributed by atoms with Gasteiger partial charge in [-0.2, -0.15) is 25.3 Å². The number of aliphatic hydroxyl groups excluding tert-OH is 1. The van der Waals surface area contributed by atoms with Gasteiger partial charge in [-0.15, -0.1) is 0 Å². The highest BCUT2D eigenvalue weighted by molar-refractivity contribution is 7.80. The van der Waals surface area contributed by atoms with Crippen molar-refractivity contribution in [2.75, 3.05) is 64.1 Å². The Morgan fingerprint density at radius 3 is 1.66 bits per heavy atom. The molecule has 0 unspecified atom stereocenters. The van der Waals surface area contributed by atoms with E-state index in [4.69, 9.17) is 38.1 Å². The van der Waals surface area contributed by atoms with Crippen molar-refractivity contribution in [3.05, 3.63) is 35.9 Å². The van der Waals surface area contributed by atoms with Gasteiger partial charge in [0, 0.05) is 50.7 Å². The Morgan fingerprint density at radius 2 is 1.09 bits per heavy atom. The minimum Gasteiger partial charge on any atom is -0.449 e. The molecule has 0 aliphatic carbocycles. The molecule has 1 aromatic carbocycles. The Kier molecular flexibility index (Phi) is 34.6. The van der Waals surface area contributed by atoms with Gasteiger partial charge in [0.25, 0.3) is 0 Å². The first kappa shape index (κ1) is 76.4. The van der Waals surface area contributed by atoms with E-state index in [2.05, 4.69) is 77.8 Å². The maximum Gasteiger partial charge on any atom is 0.410 e. The normalized spacial score (nSPS) is 16.8. The Balaban J connectivity index is 1.90. The van der Waals surface area contributed by atoms with Gasteiger partial charge < -0.3 is 90.7 Å². The quantitative estimate of drug-likeness (QED) is 0.0138. The number of benzene rings is 1. The van der Waals surface area contributed by atoms with Crippen LogP contribution in [-0.2, 0) is 59.0 Å². The first-order valence-electron chi connectivity index (χ1n) is 30.4. The zero-order chi connectivity index (χ0) is 66.9. The van der Waals surface area contributed by atoms with Gasteiger partial charge in [0.05, 0.1) is 6.61 Å². The number of hydrogen-bond donors (Lipinski definition) is 16. The molecule has 3 rings (SSSR count). The van der Waals surface area contributed by atoms with Crippen molar-refractivity contribution in [3.8, 4) is 0 Å². The predicted molar refractivity (Wildman–Crippen MR) is 341 cm³/mol. The zero-order valence-corrected chi connectivity index (χ0v) is 53.6. The molecule has 2 saturated heterocycles. The van der Waals surface area contributed by atoms with Gasteiger partial charge in [-0.25, -0.2) is 9.59 Å². The summed E-state index contributed by atoms with van der Waals surface area (Å²) in [6.07, 6.45) is 0.986. The molecule has 11 amide bonds. The van der Waals surface area contributed by atoms with Crippen LogP contribution in [0.2, 0.25) is 0 Å². The lowest BCUT2D eigenvalue weighted by Crippen LogP contribution is -2.61. The van der Waals surface area contributed by atoms with Gasteiger partial charge in [0.1, 0.15) is 67.6 Å². The van der Waals surface area contributed by atoms with Crippen LogP contribution < -0.4 is 71.2 Å². The molecule has 2 aliphatic rings. The van der Waals surface area contributed by atoms with Crippen LogP contribution in [0.25, 0.3) is 0 Å². The number of carbonyl (C=O) groups excluding carboxylic acids is 11. The molecule has 90 heavy (non-hydrogen) atoms. The fourth-order valence-corrected chi connectivity index (χ4v) is 10.2. The third kappa shape index (κ3) is 27.1. The summed E-state index contributed by atoms with van der Waals surface area (Å²) in [6.45, 7) is 6.70. The number of unbranched alkanes of at least 4 members (excludes halogenated alkanes) is 1. The third-order valence-corrected chi connectivity index (χ3v) is 14.9. The second-order valence-corrected chi connectivity index (χ2v) is 23.5. The maximum absolute atomic E-state index is 14.6. The largest absolute Gasteiger partial charge is 0.449 e. The summed E-state index contributed by atoms with van der Waals surface area (Å²) in [6, 6.07) is -3.10. The number of primary amides is 1. The van der Waals surface area contributed by atoms with Crippen LogP contribution in [0.5, 0.6) is 0 Å². The Morgan fingerprint density at radius 1 is 0.589 bits per heavy atom. The van der Waals surface area contributed by atoms with Crippen molar-refractivity contribution < 1.29 is 67.3 Å². The summed E-state index contributed by atoms with van der Waals surface area (Å²) >= 11 is 8.08. The SMILES string of the molecule is CC(C)C[C@H](NC(=O)[C@H](Cc1ccccc1)NC(=O)[C@H](CO)NC(=O)[C@H](CCCN=C(N)N)NC(=O)[C@@H]1CCCN1C(=O)OCCS)C(=O)N[C@H](C(=O)N[C@@H](CCCN=C(N)N)C(=O)N[C@@H](CCCCNC(=O)OCCS)C(=O)N1CCC[C@H]1C(N)=O)C(C)C. The topological polar surface area (TPSA) is 484 Å². The van der Waals surface area contributed by atoms with E-state index in [1.807, 2.05) is 0 Å². The standard InChI is InChI=1S/C57H95N17O14S2/c1-33(2)30-39(49(80)72-44(34(3)4)52(83)67-37(18-11-23-64-55(61)62)46(77)68-38(16-8-9-21-65-56(85)87-26-28-89)53(84)73-24-12-19-42(73)45(58)76)69-48(79)40(31-35-14-6-5-7-15-35)70-50(81)41(32-75)71-47(78)36(17-10-22-63-54(59)60)66-51(82)43-20-13-25-74(43)57(86)88-27-29-90/h5-7,14-15,33-34,36-44,75,89-90H,8-13,16-32H2,1-4H3,(H2,58,76)(H,65,85)(H,66,82)(H,67,83)(H,68,77)(H,69,79)(H,70,81)(H,71,78)(H,72,80)(H4,59,60,63)(H4,61,62,64)/t36-,37-,38-,39-,40-,41-,42-,43-,44-/m0/s1. The summed E-state index contributed by atoms with van der Waals surface area (Å²) in [5, 5.41) is 31.9. The molecule has 31 nitrogen and oxygen atoms in total. The predicted octanol–water partition coefficient (Wildman–Crippen LogP) is -2.74. The number of nitrogens with zero attached hydrogens (tertiary/aromatic N) is 4. The first-order valence-corrected chi connectivity index (χ1v) is 31.6. The molecule has 19 N–H and O–H groups in total. The molecule has 0 bridgehead atoms. The van der Waals surface area contributed by atoms with E-state index in [9.17, 15) is 57.8 Å². The number of nitrogens with two attached hydrogens (primary N) is 5. The Bertz CT molecular complexity index is 2600. The van der Waals surface area contributed by atoms with Crippen molar-refractivity contribution in [1.29, 1.82) is 0 Å². The van der Waals surface area contributed by atoms with Crippen LogP contribution in [0.4, 0.5) is 9.59 Å². The van der Waals surface area contributed by atoms with Crippen LogP contribution in [0, 0.1) is 11.8 Å². The van der Waals surface area contributed by atoms with Gasteiger partial charge in [-0.3, -0.25) is 58.0 Å². The number of nitrogens with one attached hydrogen (secondary N) is 8. The molecule has 2 aliphatic heterocycles. The fourth-order valence-electron chi connectivity index (χ4n) is 10.0. The molecule has 504 valence electrons. The minimum atomic E-state index is -1.70. The maximum atomic E-state index is 14.6. The van der Waals surface area contributed by atoms with Crippen molar-refractivity contribution in [1.82, 2.24) is 52.3 Å². The number of carbonyl (C=O) groups is 11. The summed E-state index contributed by atoms with van der Waals surface area (Å²) in [5.74, 6) is -7.89. The molecular weight excluding hydrogens is 1210 g/mol. The molecule has 2 heterocycles. The lowest BCUT2D eigenvalue weighted by atomic mass is 9.98. The summed E-state index contributed by atoms with van der Waals surface area (Å²) < 4.78 is 10.2. The number of hydrogen-bond acceptors (Lipinski definition) is 18. The van der Waals surface area contributed by atoms with E-state index in [1.54, 1.807) is 58.0 Å². The molecule has 0 radical (unpaired) electrons. The average Bonchev–Trinajstić information content (AvgIpc) is 2.03. The number of alkyl carbamates (subject to hydrolysis) is 1. The fraction of sp³-hybridized carbons (Fsp3) is 0.667. The van der Waals surface area contributed by atoms with Crippen molar-refractivity contribution in [2.45, 2.75) is 166 Å². The van der Waals surface area contributed by atoms with Crippen LogP contribution in [0.3, 0.4) is 0 Å². The number of aliphatic imine (C=N–C) groups is 2. The number of thiol groups is 2. The van der Waals surface area contributed by atoms with E-state index < -0.39 is 132 Å². The number of ether oxygens (including phenoxy) is 2. The summed E-state index contributed by atoms with van der Waals surface area (Å²) in [4.78, 5) is 162. The summed E-state index contributed by atoms with van der Waals surface area (Å²) in [5.41, 5.74) is 28.3. The van der Waals surface area contributed by atoms with Crippen molar-refractivity contribution >= 4 is 103 Å².